The third-order valence-corrected chi connectivity index (χ3v) is 2.92. The molecule has 1 saturated heterocycles. The van der Waals surface area contributed by atoms with Crippen LogP contribution in [0.5, 0.6) is 0 Å². The molecule has 0 aliphatic carbocycles. The number of carbonyl (C=O) groups is 2. The van der Waals surface area contributed by atoms with Gasteiger partial charge in [-0.05, 0) is 6.92 Å². The molecule has 7 nitrogen and oxygen atoms in total. The molecule has 0 radical (unpaired) electrons. The van der Waals surface area contributed by atoms with E-state index in [1.54, 1.807) is 17.9 Å². The number of carbonyl (C=O) groups excluding carboxylic acids is 2. The van der Waals surface area contributed by atoms with Gasteiger partial charge >= 0.3 is 0 Å². The molecule has 7 heteroatoms. The lowest BCUT2D eigenvalue weighted by atomic mass is 10.1. The van der Waals surface area contributed by atoms with Gasteiger partial charge in [-0.15, -0.1) is 0 Å². The van der Waals surface area contributed by atoms with Gasteiger partial charge in [0.15, 0.2) is 0 Å². The zero-order valence-electron chi connectivity index (χ0n) is 11.0. The van der Waals surface area contributed by atoms with Gasteiger partial charge in [0.05, 0.1) is 6.04 Å². The van der Waals surface area contributed by atoms with Gasteiger partial charge in [-0.1, -0.05) is 0 Å². The van der Waals surface area contributed by atoms with Crippen molar-refractivity contribution in [1.29, 1.82) is 0 Å². The number of amides is 2. The van der Waals surface area contributed by atoms with E-state index in [0.717, 1.165) is 0 Å². The SMILES string of the molecule is CCNC(=O)c1cc(NC2CN(C(C)=O)C2)ncn1. The van der Waals surface area contributed by atoms with Gasteiger partial charge in [0.2, 0.25) is 5.91 Å². The molecular formula is C12H17N5O2. The first-order chi connectivity index (χ1) is 9.10. The minimum absolute atomic E-state index is 0.0729. The van der Waals surface area contributed by atoms with Crippen LogP contribution in [0.3, 0.4) is 0 Å². The molecule has 2 rings (SSSR count). The predicted molar refractivity (Wildman–Crippen MR) is 69.7 cm³/mol. The second-order valence-corrected chi connectivity index (χ2v) is 4.41. The fraction of sp³-hybridized carbons (Fsp3) is 0.500. The second kappa shape index (κ2) is 5.64. The Labute approximate surface area is 111 Å². The van der Waals surface area contributed by atoms with E-state index in [0.29, 0.717) is 31.1 Å². The highest BCUT2D eigenvalue weighted by atomic mass is 16.2. The van der Waals surface area contributed by atoms with E-state index in [2.05, 4.69) is 20.6 Å². The molecule has 102 valence electrons. The molecule has 0 spiro atoms. The molecule has 0 unspecified atom stereocenters. The van der Waals surface area contributed by atoms with Gasteiger partial charge in [0, 0.05) is 32.6 Å². The monoisotopic (exact) mass is 263 g/mol. The van der Waals surface area contributed by atoms with E-state index in [1.165, 1.54) is 6.33 Å². The maximum atomic E-state index is 11.6. The van der Waals surface area contributed by atoms with Crippen molar-refractivity contribution in [1.82, 2.24) is 20.2 Å². The zero-order valence-corrected chi connectivity index (χ0v) is 11.0. The number of nitrogens with zero attached hydrogens (tertiary/aromatic N) is 3. The number of nitrogens with one attached hydrogen (secondary N) is 2. The summed E-state index contributed by atoms with van der Waals surface area (Å²) in [6.45, 7) is 5.28. The molecule has 2 heterocycles. The van der Waals surface area contributed by atoms with Crippen molar-refractivity contribution < 1.29 is 9.59 Å². The molecule has 0 aromatic carbocycles. The minimum Gasteiger partial charge on any atom is -0.364 e. The average Bonchev–Trinajstić information content (AvgIpc) is 2.33. The summed E-state index contributed by atoms with van der Waals surface area (Å²) in [5.74, 6) is 0.458. The number of hydrogen-bond acceptors (Lipinski definition) is 5. The summed E-state index contributed by atoms with van der Waals surface area (Å²) in [6, 6.07) is 1.79. The van der Waals surface area contributed by atoms with Crippen LogP contribution in [0.2, 0.25) is 0 Å². The first-order valence-electron chi connectivity index (χ1n) is 6.22. The van der Waals surface area contributed by atoms with Crippen molar-refractivity contribution >= 4 is 17.6 Å². The highest BCUT2D eigenvalue weighted by Crippen LogP contribution is 2.13. The predicted octanol–water partition coefficient (Wildman–Crippen LogP) is -0.131. The molecule has 1 aromatic heterocycles. The molecule has 0 saturated carbocycles. The van der Waals surface area contributed by atoms with Gasteiger partial charge < -0.3 is 15.5 Å². The van der Waals surface area contributed by atoms with E-state index in [-0.39, 0.29) is 17.9 Å². The number of hydrogen-bond donors (Lipinski definition) is 2. The third-order valence-electron chi connectivity index (χ3n) is 2.92. The van der Waals surface area contributed by atoms with Crippen LogP contribution < -0.4 is 10.6 Å². The summed E-state index contributed by atoms with van der Waals surface area (Å²) in [5.41, 5.74) is 0.335. The topological polar surface area (TPSA) is 87.2 Å². The van der Waals surface area contributed by atoms with E-state index >= 15 is 0 Å². The molecule has 1 aromatic rings. The summed E-state index contributed by atoms with van der Waals surface area (Å²) in [7, 11) is 0. The molecule has 0 bridgehead atoms. The van der Waals surface area contributed by atoms with E-state index < -0.39 is 0 Å². The van der Waals surface area contributed by atoms with Crippen LogP contribution in [0.25, 0.3) is 0 Å². The second-order valence-electron chi connectivity index (χ2n) is 4.41. The summed E-state index contributed by atoms with van der Waals surface area (Å²) >= 11 is 0. The normalized spacial score (nSPS) is 14.7. The van der Waals surface area contributed by atoms with Crippen molar-refractivity contribution in [3.05, 3.63) is 18.1 Å². The molecule has 1 fully saturated rings. The van der Waals surface area contributed by atoms with Crippen molar-refractivity contribution in [2.45, 2.75) is 19.9 Å². The lowest BCUT2D eigenvalue weighted by molar-refractivity contribution is -0.132. The number of anilines is 1. The molecular weight excluding hydrogens is 246 g/mol. The van der Waals surface area contributed by atoms with Crippen LogP contribution in [0, 0.1) is 0 Å². The summed E-state index contributed by atoms with van der Waals surface area (Å²) in [4.78, 5) is 32.4. The van der Waals surface area contributed by atoms with Crippen molar-refractivity contribution in [2.75, 3.05) is 25.0 Å². The summed E-state index contributed by atoms with van der Waals surface area (Å²) in [5, 5.41) is 5.86. The van der Waals surface area contributed by atoms with Gasteiger partial charge in [-0.25, -0.2) is 9.97 Å². The Morgan fingerprint density at radius 1 is 1.42 bits per heavy atom. The maximum Gasteiger partial charge on any atom is 0.270 e. The maximum absolute atomic E-state index is 11.6. The molecule has 19 heavy (non-hydrogen) atoms. The highest BCUT2D eigenvalue weighted by molar-refractivity contribution is 5.92. The largest absolute Gasteiger partial charge is 0.364 e. The van der Waals surface area contributed by atoms with Crippen LogP contribution in [-0.2, 0) is 4.79 Å². The smallest absolute Gasteiger partial charge is 0.270 e. The first-order valence-corrected chi connectivity index (χ1v) is 6.22. The Bertz CT molecular complexity index is 485. The Morgan fingerprint density at radius 3 is 2.79 bits per heavy atom. The van der Waals surface area contributed by atoms with Crippen LogP contribution in [0.15, 0.2) is 12.4 Å². The number of likely N-dealkylation sites (tertiary alicyclic amines) is 1. The number of aromatic nitrogens is 2. The summed E-state index contributed by atoms with van der Waals surface area (Å²) in [6.07, 6.45) is 1.36. The Hall–Kier alpha value is -2.18. The van der Waals surface area contributed by atoms with E-state index in [1.807, 2.05) is 6.92 Å². The Balaban J connectivity index is 1.93. The van der Waals surface area contributed by atoms with Crippen molar-refractivity contribution in [2.24, 2.45) is 0 Å². The lowest BCUT2D eigenvalue weighted by Gasteiger charge is -2.39. The fourth-order valence-electron chi connectivity index (χ4n) is 1.85. The Kier molecular flexibility index (Phi) is 3.94. The molecule has 2 N–H and O–H groups in total. The Morgan fingerprint density at radius 2 is 2.16 bits per heavy atom. The average molecular weight is 263 g/mol. The van der Waals surface area contributed by atoms with Crippen LogP contribution in [0.4, 0.5) is 5.82 Å². The molecule has 2 amide bonds. The van der Waals surface area contributed by atoms with Gasteiger partial charge in [0.25, 0.3) is 5.91 Å². The summed E-state index contributed by atoms with van der Waals surface area (Å²) < 4.78 is 0. The van der Waals surface area contributed by atoms with Crippen LogP contribution in [-0.4, -0.2) is 52.4 Å². The molecule has 0 atom stereocenters. The van der Waals surface area contributed by atoms with Gasteiger partial charge in [0.1, 0.15) is 17.8 Å². The number of rotatable bonds is 4. The quantitative estimate of drug-likeness (QED) is 0.790. The standard InChI is InChI=1S/C12H17N5O2/c1-3-13-12(19)10-4-11(15-7-14-10)16-9-5-17(6-9)8(2)18/h4,7,9H,3,5-6H2,1-2H3,(H,13,19)(H,14,15,16). The van der Waals surface area contributed by atoms with Crippen LogP contribution >= 0.6 is 0 Å². The van der Waals surface area contributed by atoms with Crippen LogP contribution in [0.1, 0.15) is 24.3 Å². The van der Waals surface area contributed by atoms with E-state index in [9.17, 15) is 9.59 Å². The van der Waals surface area contributed by atoms with Gasteiger partial charge in [-0.2, -0.15) is 0 Å². The molecule has 1 aliphatic rings. The minimum atomic E-state index is -0.216. The zero-order chi connectivity index (χ0) is 13.8. The third kappa shape index (κ3) is 3.18. The highest BCUT2D eigenvalue weighted by Gasteiger charge is 2.28. The fourth-order valence-corrected chi connectivity index (χ4v) is 1.85. The van der Waals surface area contributed by atoms with Crippen molar-refractivity contribution in [3.63, 3.8) is 0 Å². The lowest BCUT2D eigenvalue weighted by Crippen LogP contribution is -2.56. The van der Waals surface area contributed by atoms with E-state index in [4.69, 9.17) is 0 Å². The molecule has 1 aliphatic heterocycles. The first kappa shape index (κ1) is 13.3. The van der Waals surface area contributed by atoms with Crippen molar-refractivity contribution in [3.8, 4) is 0 Å². The van der Waals surface area contributed by atoms with Gasteiger partial charge in [-0.3, -0.25) is 9.59 Å².